The molecule has 0 aromatic heterocycles. The summed E-state index contributed by atoms with van der Waals surface area (Å²) in [7, 11) is -1.41. The molecule has 6 rings (SSSR count). The number of fused-ring (bicyclic) bond motifs is 6. The molecule has 2 nitrogen and oxygen atoms in total. The Morgan fingerprint density at radius 1 is 0.559 bits per heavy atom. The zero-order chi connectivity index (χ0) is 24.3. The van der Waals surface area contributed by atoms with Crippen LogP contribution in [0.3, 0.4) is 0 Å². The van der Waals surface area contributed by atoms with Crippen LogP contribution in [-0.2, 0) is 10.8 Å². The second kappa shape index (κ2) is 8.37. The Bertz CT molecular complexity index is 1400. The summed E-state index contributed by atoms with van der Waals surface area (Å²) in [6, 6.07) is 29.5. The summed E-state index contributed by atoms with van der Waals surface area (Å²) in [5.74, 6) is 0. The molecule has 2 aliphatic rings. The standard InChI is InChI=1S/C15H15BO2.C15H13I/c1-15(2)13-6-4-3-5-11(13)12-8-7-10(16(17)18)9-14(12)15;1-15(2)13-6-4-3-5-11(13)12-8-7-10(16)9-14(12)15/h3-9,17-18H,1-2H3;3-9H,1-2H3. The molecule has 0 bridgehead atoms. The lowest BCUT2D eigenvalue weighted by Crippen LogP contribution is -2.31. The first-order valence-corrected chi connectivity index (χ1v) is 12.7. The average Bonchev–Trinajstić information content (AvgIpc) is 3.19. The third kappa shape index (κ3) is 3.63. The van der Waals surface area contributed by atoms with Gasteiger partial charge in [-0.15, -0.1) is 0 Å². The van der Waals surface area contributed by atoms with Crippen LogP contribution in [0.4, 0.5) is 0 Å². The minimum Gasteiger partial charge on any atom is -0.423 e. The van der Waals surface area contributed by atoms with Crippen molar-refractivity contribution in [1.29, 1.82) is 0 Å². The lowest BCUT2D eigenvalue weighted by molar-refractivity contribution is 0.425. The van der Waals surface area contributed by atoms with E-state index in [4.69, 9.17) is 0 Å². The second-order valence-corrected chi connectivity index (χ2v) is 11.5. The Balaban J connectivity index is 0.000000142. The fraction of sp³-hybridized carbons (Fsp3) is 0.200. The lowest BCUT2D eigenvalue weighted by Gasteiger charge is -2.21. The van der Waals surface area contributed by atoms with Gasteiger partial charge in [0.1, 0.15) is 0 Å². The van der Waals surface area contributed by atoms with E-state index in [-0.39, 0.29) is 10.8 Å². The van der Waals surface area contributed by atoms with Crippen molar-refractivity contribution < 1.29 is 10.0 Å². The predicted octanol–water partition coefficient (Wildman–Crippen LogP) is 6.27. The zero-order valence-corrected chi connectivity index (χ0v) is 22.1. The molecular formula is C30H28BIO2. The van der Waals surface area contributed by atoms with Crippen molar-refractivity contribution in [2.75, 3.05) is 0 Å². The van der Waals surface area contributed by atoms with Crippen LogP contribution in [0.2, 0.25) is 0 Å². The molecule has 34 heavy (non-hydrogen) atoms. The normalized spacial score (nSPS) is 15.4. The zero-order valence-electron chi connectivity index (χ0n) is 19.9. The molecule has 0 atom stereocenters. The van der Waals surface area contributed by atoms with Gasteiger partial charge in [-0.3, -0.25) is 0 Å². The van der Waals surface area contributed by atoms with Crippen molar-refractivity contribution in [3.8, 4) is 22.3 Å². The summed E-state index contributed by atoms with van der Waals surface area (Å²) in [6.45, 7) is 8.97. The topological polar surface area (TPSA) is 40.5 Å². The van der Waals surface area contributed by atoms with Crippen LogP contribution in [0.5, 0.6) is 0 Å². The highest BCUT2D eigenvalue weighted by Gasteiger charge is 2.36. The SMILES string of the molecule is CC1(C)c2ccccc2-c2ccc(B(O)O)cc21.CC1(C)c2ccccc2-c2ccc(I)cc21. The maximum absolute atomic E-state index is 9.30. The first-order valence-electron chi connectivity index (χ1n) is 11.6. The van der Waals surface area contributed by atoms with Gasteiger partial charge in [-0.2, -0.15) is 0 Å². The van der Waals surface area contributed by atoms with Gasteiger partial charge in [-0.25, -0.2) is 0 Å². The van der Waals surface area contributed by atoms with E-state index in [1.807, 2.05) is 24.3 Å². The highest BCUT2D eigenvalue weighted by atomic mass is 127. The van der Waals surface area contributed by atoms with E-state index < -0.39 is 7.12 Å². The third-order valence-corrected chi connectivity index (χ3v) is 8.12. The summed E-state index contributed by atoms with van der Waals surface area (Å²) in [4.78, 5) is 0. The molecule has 0 heterocycles. The quantitative estimate of drug-likeness (QED) is 0.214. The van der Waals surface area contributed by atoms with Crippen LogP contribution < -0.4 is 5.46 Å². The highest BCUT2D eigenvalue weighted by molar-refractivity contribution is 14.1. The van der Waals surface area contributed by atoms with Gasteiger partial charge >= 0.3 is 7.12 Å². The van der Waals surface area contributed by atoms with Gasteiger partial charge in [0.15, 0.2) is 0 Å². The molecule has 0 aliphatic heterocycles. The summed E-state index contributed by atoms with van der Waals surface area (Å²) < 4.78 is 1.32. The number of benzene rings is 4. The largest absolute Gasteiger partial charge is 0.488 e. The van der Waals surface area contributed by atoms with Gasteiger partial charge in [0, 0.05) is 14.4 Å². The van der Waals surface area contributed by atoms with Crippen LogP contribution in [0, 0.1) is 3.57 Å². The Morgan fingerprint density at radius 2 is 1.00 bits per heavy atom. The van der Waals surface area contributed by atoms with E-state index in [2.05, 4.69) is 105 Å². The molecule has 0 saturated carbocycles. The summed E-state index contributed by atoms with van der Waals surface area (Å²) in [5, 5.41) is 18.6. The predicted molar refractivity (Wildman–Crippen MR) is 151 cm³/mol. The Hall–Kier alpha value is -2.41. The molecule has 0 radical (unpaired) electrons. The van der Waals surface area contributed by atoms with Gasteiger partial charge in [0.05, 0.1) is 0 Å². The number of hydrogen-bond acceptors (Lipinski definition) is 2. The van der Waals surface area contributed by atoms with Gasteiger partial charge in [-0.1, -0.05) is 100 Å². The third-order valence-electron chi connectivity index (χ3n) is 7.45. The van der Waals surface area contributed by atoms with E-state index >= 15 is 0 Å². The minimum absolute atomic E-state index is 0.0865. The average molecular weight is 558 g/mol. The lowest BCUT2D eigenvalue weighted by atomic mass is 9.75. The maximum atomic E-state index is 9.30. The number of halogens is 1. The van der Waals surface area contributed by atoms with E-state index in [0.29, 0.717) is 5.46 Å². The van der Waals surface area contributed by atoms with Crippen LogP contribution >= 0.6 is 22.6 Å². The van der Waals surface area contributed by atoms with Crippen LogP contribution in [-0.4, -0.2) is 17.2 Å². The fourth-order valence-electron chi connectivity index (χ4n) is 5.56. The number of rotatable bonds is 1. The first kappa shape index (κ1) is 23.3. The van der Waals surface area contributed by atoms with Crippen molar-refractivity contribution in [3.63, 3.8) is 0 Å². The molecule has 0 saturated heterocycles. The van der Waals surface area contributed by atoms with E-state index in [1.54, 1.807) is 6.07 Å². The van der Waals surface area contributed by atoms with E-state index in [9.17, 15) is 10.0 Å². The summed E-state index contributed by atoms with van der Waals surface area (Å²) in [5.41, 5.74) is 11.2. The van der Waals surface area contributed by atoms with E-state index in [1.165, 1.54) is 42.5 Å². The molecule has 0 unspecified atom stereocenters. The monoisotopic (exact) mass is 558 g/mol. The van der Waals surface area contributed by atoms with Gasteiger partial charge in [0.2, 0.25) is 0 Å². The van der Waals surface area contributed by atoms with Gasteiger partial charge < -0.3 is 10.0 Å². The summed E-state index contributed by atoms with van der Waals surface area (Å²) >= 11 is 2.39. The Morgan fingerprint density at radius 3 is 1.53 bits per heavy atom. The molecule has 4 aromatic rings. The van der Waals surface area contributed by atoms with Crippen molar-refractivity contribution >= 4 is 35.2 Å². The smallest absolute Gasteiger partial charge is 0.423 e. The molecule has 0 spiro atoms. The maximum Gasteiger partial charge on any atom is 0.488 e. The molecule has 2 aliphatic carbocycles. The van der Waals surface area contributed by atoms with Crippen molar-refractivity contribution in [3.05, 3.63) is 111 Å². The Labute approximate surface area is 216 Å². The summed E-state index contributed by atoms with van der Waals surface area (Å²) in [6.07, 6.45) is 0. The first-order chi connectivity index (χ1) is 16.1. The molecule has 2 N–H and O–H groups in total. The molecule has 4 aromatic carbocycles. The van der Waals surface area contributed by atoms with Gasteiger partial charge in [-0.05, 0) is 84.7 Å². The Kier molecular flexibility index (Phi) is 5.74. The molecule has 0 amide bonds. The fourth-order valence-corrected chi connectivity index (χ4v) is 6.05. The van der Waals surface area contributed by atoms with Crippen molar-refractivity contribution in [2.24, 2.45) is 0 Å². The molecule has 0 fully saturated rings. The second-order valence-electron chi connectivity index (χ2n) is 10.2. The van der Waals surface area contributed by atoms with Crippen LogP contribution in [0.25, 0.3) is 22.3 Å². The molecular weight excluding hydrogens is 530 g/mol. The van der Waals surface area contributed by atoms with Crippen LogP contribution in [0.1, 0.15) is 49.9 Å². The van der Waals surface area contributed by atoms with Crippen molar-refractivity contribution in [2.45, 2.75) is 38.5 Å². The van der Waals surface area contributed by atoms with E-state index in [0.717, 1.165) is 5.56 Å². The van der Waals surface area contributed by atoms with Crippen molar-refractivity contribution in [1.82, 2.24) is 0 Å². The van der Waals surface area contributed by atoms with Gasteiger partial charge in [0.25, 0.3) is 0 Å². The molecule has 170 valence electrons. The highest BCUT2D eigenvalue weighted by Crippen LogP contribution is 2.49. The molecule has 4 heteroatoms. The number of hydrogen-bond donors (Lipinski definition) is 2. The minimum atomic E-state index is -1.41. The van der Waals surface area contributed by atoms with Crippen LogP contribution in [0.15, 0.2) is 84.9 Å².